The molecule has 3 aliphatic heterocycles. The Bertz CT molecular complexity index is 678. The second kappa shape index (κ2) is 6.78. The SMILES string of the molecule is CCc1ccc(N2CC3(CN(C(=O)C4(O)CCN(C(C)C)CC4)C3)C2)cc1. The van der Waals surface area contributed by atoms with Crippen LogP contribution in [0.15, 0.2) is 24.3 Å². The maximum absolute atomic E-state index is 12.9. The molecular formula is C22H33N3O2. The molecule has 0 aromatic heterocycles. The van der Waals surface area contributed by atoms with Gasteiger partial charge in [-0.05, 0) is 50.8 Å². The van der Waals surface area contributed by atoms with Gasteiger partial charge in [-0.3, -0.25) is 4.79 Å². The van der Waals surface area contributed by atoms with Crippen LogP contribution in [0.5, 0.6) is 0 Å². The molecule has 27 heavy (non-hydrogen) atoms. The van der Waals surface area contributed by atoms with Crippen LogP contribution in [0.2, 0.25) is 0 Å². The Hall–Kier alpha value is -1.59. The monoisotopic (exact) mass is 371 g/mol. The summed E-state index contributed by atoms with van der Waals surface area (Å²) < 4.78 is 0. The summed E-state index contributed by atoms with van der Waals surface area (Å²) in [7, 11) is 0. The van der Waals surface area contributed by atoms with E-state index in [0.717, 1.165) is 45.7 Å². The second-order valence-electron chi connectivity index (χ2n) is 9.20. The third-order valence-corrected chi connectivity index (χ3v) is 6.86. The van der Waals surface area contributed by atoms with E-state index in [1.54, 1.807) is 0 Å². The Morgan fingerprint density at radius 2 is 1.67 bits per heavy atom. The Morgan fingerprint density at radius 3 is 2.19 bits per heavy atom. The van der Waals surface area contributed by atoms with Crippen molar-refractivity contribution in [3.8, 4) is 0 Å². The average Bonchev–Trinajstić information content (AvgIpc) is 2.60. The molecule has 3 heterocycles. The van der Waals surface area contributed by atoms with Gasteiger partial charge >= 0.3 is 0 Å². The molecule has 0 unspecified atom stereocenters. The zero-order chi connectivity index (χ0) is 19.2. The zero-order valence-corrected chi connectivity index (χ0v) is 16.9. The summed E-state index contributed by atoms with van der Waals surface area (Å²) in [5.41, 5.74) is 1.74. The van der Waals surface area contributed by atoms with Crippen molar-refractivity contribution in [2.45, 2.75) is 51.7 Å². The van der Waals surface area contributed by atoms with E-state index in [9.17, 15) is 9.90 Å². The number of carbonyl (C=O) groups excluding carboxylic acids is 1. The standard InChI is InChI=1S/C22H33N3O2/c1-4-18-5-7-19(8-6-18)24-13-21(14-24)15-25(16-21)20(26)22(27)9-11-23(12-10-22)17(2)3/h5-8,17,27H,4,9-16H2,1-3H3. The molecule has 3 saturated heterocycles. The molecule has 3 aliphatic rings. The van der Waals surface area contributed by atoms with Crippen molar-refractivity contribution in [1.29, 1.82) is 0 Å². The second-order valence-corrected chi connectivity index (χ2v) is 9.20. The summed E-state index contributed by atoms with van der Waals surface area (Å²) in [6, 6.07) is 9.30. The van der Waals surface area contributed by atoms with Gasteiger partial charge in [-0.15, -0.1) is 0 Å². The van der Waals surface area contributed by atoms with E-state index in [2.05, 4.69) is 54.8 Å². The largest absolute Gasteiger partial charge is 0.380 e. The zero-order valence-electron chi connectivity index (χ0n) is 16.9. The summed E-state index contributed by atoms with van der Waals surface area (Å²) in [6.45, 7) is 11.8. The Kier molecular flexibility index (Phi) is 4.71. The Morgan fingerprint density at radius 1 is 1.07 bits per heavy atom. The number of carbonyl (C=O) groups is 1. The third kappa shape index (κ3) is 3.36. The van der Waals surface area contributed by atoms with Gasteiger partial charge in [-0.2, -0.15) is 0 Å². The number of hydrogen-bond acceptors (Lipinski definition) is 4. The van der Waals surface area contributed by atoms with Crippen LogP contribution < -0.4 is 4.90 Å². The predicted molar refractivity (Wildman–Crippen MR) is 108 cm³/mol. The van der Waals surface area contributed by atoms with E-state index in [1.165, 1.54) is 11.3 Å². The first-order chi connectivity index (χ1) is 12.8. The molecule has 1 aromatic carbocycles. The third-order valence-electron chi connectivity index (χ3n) is 6.86. The van der Waals surface area contributed by atoms with Crippen LogP contribution in [0, 0.1) is 5.41 Å². The smallest absolute Gasteiger partial charge is 0.254 e. The molecule has 1 aromatic rings. The van der Waals surface area contributed by atoms with Gasteiger partial charge in [0.2, 0.25) is 0 Å². The van der Waals surface area contributed by atoms with E-state index in [-0.39, 0.29) is 11.3 Å². The lowest BCUT2D eigenvalue weighted by atomic mass is 9.71. The molecule has 1 amide bonds. The quantitative estimate of drug-likeness (QED) is 0.881. The summed E-state index contributed by atoms with van der Waals surface area (Å²) >= 11 is 0. The van der Waals surface area contributed by atoms with Crippen molar-refractivity contribution in [1.82, 2.24) is 9.80 Å². The van der Waals surface area contributed by atoms with Gasteiger partial charge in [0.05, 0.1) is 0 Å². The fourth-order valence-corrected chi connectivity index (χ4v) is 4.91. The number of likely N-dealkylation sites (tertiary alicyclic amines) is 2. The van der Waals surface area contributed by atoms with Gasteiger partial charge in [-0.25, -0.2) is 0 Å². The molecular weight excluding hydrogens is 338 g/mol. The number of benzene rings is 1. The maximum Gasteiger partial charge on any atom is 0.254 e. The van der Waals surface area contributed by atoms with E-state index in [4.69, 9.17) is 0 Å². The summed E-state index contributed by atoms with van der Waals surface area (Å²) in [6.07, 6.45) is 2.19. The van der Waals surface area contributed by atoms with Crippen molar-refractivity contribution in [2.75, 3.05) is 44.2 Å². The van der Waals surface area contributed by atoms with Gasteiger partial charge in [-0.1, -0.05) is 19.1 Å². The lowest BCUT2D eigenvalue weighted by Crippen LogP contribution is -2.75. The first-order valence-electron chi connectivity index (χ1n) is 10.4. The fourth-order valence-electron chi connectivity index (χ4n) is 4.91. The summed E-state index contributed by atoms with van der Waals surface area (Å²) in [5, 5.41) is 10.9. The molecule has 0 radical (unpaired) electrons. The van der Waals surface area contributed by atoms with Crippen LogP contribution in [0.25, 0.3) is 0 Å². The molecule has 148 valence electrons. The highest BCUT2D eigenvalue weighted by Gasteiger charge is 2.56. The molecule has 5 heteroatoms. The molecule has 0 atom stereocenters. The number of piperidine rings is 1. The number of amides is 1. The van der Waals surface area contributed by atoms with Crippen LogP contribution >= 0.6 is 0 Å². The number of aryl methyl sites for hydroxylation is 1. The normalized spacial score (nSPS) is 24.0. The first-order valence-corrected chi connectivity index (χ1v) is 10.4. The van der Waals surface area contributed by atoms with Gasteiger partial charge in [0.15, 0.2) is 0 Å². The molecule has 0 aliphatic carbocycles. The topological polar surface area (TPSA) is 47.0 Å². The highest BCUT2D eigenvalue weighted by atomic mass is 16.3. The van der Waals surface area contributed by atoms with Gasteiger partial charge in [0.25, 0.3) is 5.91 Å². The summed E-state index contributed by atoms with van der Waals surface area (Å²) in [5.74, 6) is -0.0396. The Labute approximate surface area is 162 Å². The number of rotatable bonds is 4. The van der Waals surface area contributed by atoms with Crippen molar-refractivity contribution >= 4 is 11.6 Å². The van der Waals surface area contributed by atoms with Gasteiger partial charge in [0.1, 0.15) is 5.60 Å². The first kappa shape index (κ1) is 18.8. The van der Waals surface area contributed by atoms with Crippen LogP contribution in [0.4, 0.5) is 5.69 Å². The minimum absolute atomic E-state index is 0.0396. The van der Waals surface area contributed by atoms with Crippen molar-refractivity contribution < 1.29 is 9.90 Å². The molecule has 3 fully saturated rings. The van der Waals surface area contributed by atoms with Crippen LogP contribution in [0.1, 0.15) is 39.2 Å². The minimum Gasteiger partial charge on any atom is -0.380 e. The minimum atomic E-state index is -1.15. The lowest BCUT2D eigenvalue weighted by Gasteiger charge is -2.61. The van der Waals surface area contributed by atoms with E-state index >= 15 is 0 Å². The van der Waals surface area contributed by atoms with Crippen LogP contribution in [-0.2, 0) is 11.2 Å². The molecule has 1 spiro atoms. The molecule has 0 saturated carbocycles. The van der Waals surface area contributed by atoms with Crippen LogP contribution in [-0.4, -0.2) is 71.7 Å². The molecule has 4 rings (SSSR count). The number of hydrogen-bond donors (Lipinski definition) is 1. The number of aliphatic hydroxyl groups is 1. The number of anilines is 1. The maximum atomic E-state index is 12.9. The average molecular weight is 372 g/mol. The summed E-state index contributed by atoms with van der Waals surface area (Å²) in [4.78, 5) is 19.5. The van der Waals surface area contributed by atoms with Crippen molar-refractivity contribution in [2.24, 2.45) is 5.41 Å². The molecule has 0 bridgehead atoms. The van der Waals surface area contributed by atoms with Crippen LogP contribution in [0.3, 0.4) is 0 Å². The van der Waals surface area contributed by atoms with Gasteiger partial charge < -0.3 is 19.8 Å². The van der Waals surface area contributed by atoms with E-state index < -0.39 is 5.60 Å². The highest BCUT2D eigenvalue weighted by Crippen LogP contribution is 2.43. The fraction of sp³-hybridized carbons (Fsp3) is 0.682. The highest BCUT2D eigenvalue weighted by molar-refractivity contribution is 5.86. The number of nitrogens with zero attached hydrogens (tertiary/aromatic N) is 3. The van der Waals surface area contributed by atoms with Crippen molar-refractivity contribution in [3.05, 3.63) is 29.8 Å². The van der Waals surface area contributed by atoms with E-state index in [1.807, 2.05) is 4.90 Å². The van der Waals surface area contributed by atoms with Gasteiger partial charge in [0, 0.05) is 56.4 Å². The lowest BCUT2D eigenvalue weighted by molar-refractivity contribution is -0.170. The predicted octanol–water partition coefficient (Wildman–Crippen LogP) is 2.13. The molecule has 5 nitrogen and oxygen atoms in total. The molecule has 1 N–H and O–H groups in total. The van der Waals surface area contributed by atoms with E-state index in [0.29, 0.717) is 18.9 Å². The van der Waals surface area contributed by atoms with Crippen molar-refractivity contribution in [3.63, 3.8) is 0 Å². The Balaban J connectivity index is 1.28.